The average molecular weight is 327 g/mol. The van der Waals surface area contributed by atoms with Gasteiger partial charge in [-0.25, -0.2) is 0 Å². The highest BCUT2D eigenvalue weighted by atomic mass is 79.9. The maximum atomic E-state index is 6.03. The lowest BCUT2D eigenvalue weighted by atomic mass is 10.0. The van der Waals surface area contributed by atoms with Crippen molar-refractivity contribution in [2.75, 3.05) is 26.7 Å². The molecule has 3 nitrogen and oxygen atoms in total. The van der Waals surface area contributed by atoms with Crippen LogP contribution < -0.4 is 10.5 Å². The molecule has 3 unspecified atom stereocenters. The van der Waals surface area contributed by atoms with Gasteiger partial charge in [-0.15, -0.1) is 0 Å². The summed E-state index contributed by atoms with van der Waals surface area (Å²) in [6.45, 7) is 7.50. The lowest BCUT2D eigenvalue weighted by Gasteiger charge is -2.28. The number of rotatable bonds is 4. The van der Waals surface area contributed by atoms with Crippen molar-refractivity contribution in [3.63, 3.8) is 0 Å². The van der Waals surface area contributed by atoms with Gasteiger partial charge >= 0.3 is 0 Å². The van der Waals surface area contributed by atoms with Crippen LogP contribution in [0.5, 0.6) is 5.75 Å². The first-order valence-corrected chi connectivity index (χ1v) is 7.63. The number of likely N-dealkylation sites (tertiary alicyclic amines) is 1. The van der Waals surface area contributed by atoms with Gasteiger partial charge in [-0.05, 0) is 35.6 Å². The molecule has 2 N–H and O–H groups in total. The molecule has 1 aromatic carbocycles. The summed E-state index contributed by atoms with van der Waals surface area (Å²) in [7, 11) is 1.70. The summed E-state index contributed by atoms with van der Waals surface area (Å²) < 4.78 is 6.44. The molecule has 3 atom stereocenters. The van der Waals surface area contributed by atoms with Crippen LogP contribution in [0.3, 0.4) is 0 Å². The lowest BCUT2D eigenvalue weighted by molar-refractivity contribution is 0.239. The molecular weight excluding hydrogens is 304 g/mol. The zero-order chi connectivity index (χ0) is 14.0. The van der Waals surface area contributed by atoms with Crippen LogP contribution in [0.25, 0.3) is 0 Å². The molecule has 1 fully saturated rings. The highest BCUT2D eigenvalue weighted by Crippen LogP contribution is 2.35. The second kappa shape index (κ2) is 6.25. The fraction of sp³-hybridized carbons (Fsp3) is 0.600. The van der Waals surface area contributed by atoms with Gasteiger partial charge < -0.3 is 10.5 Å². The molecule has 0 aliphatic carbocycles. The third-order valence-corrected chi connectivity index (χ3v) is 4.96. The fourth-order valence-corrected chi connectivity index (χ4v) is 3.32. The number of hydrogen-bond acceptors (Lipinski definition) is 3. The van der Waals surface area contributed by atoms with E-state index in [4.69, 9.17) is 10.5 Å². The first-order chi connectivity index (χ1) is 9.06. The highest BCUT2D eigenvalue weighted by Gasteiger charge is 2.31. The van der Waals surface area contributed by atoms with Gasteiger partial charge in [0.15, 0.2) is 0 Å². The standard InChI is InChI=1S/C15H23BrN2O/c1-10-8-18(9-11(10)2)15(7-17)13-6-12(19-3)4-5-14(13)16/h4-6,10-11,15H,7-9,17H2,1-3H3. The predicted octanol–water partition coefficient (Wildman–Crippen LogP) is 3.05. The molecular formula is C15H23BrN2O. The quantitative estimate of drug-likeness (QED) is 0.924. The number of hydrogen-bond donors (Lipinski definition) is 1. The van der Waals surface area contributed by atoms with E-state index in [0.29, 0.717) is 6.54 Å². The van der Waals surface area contributed by atoms with Gasteiger partial charge in [0, 0.05) is 30.1 Å². The van der Waals surface area contributed by atoms with Gasteiger partial charge in [0.2, 0.25) is 0 Å². The number of methoxy groups -OCH3 is 1. The third kappa shape index (κ3) is 3.12. The van der Waals surface area contributed by atoms with E-state index in [1.54, 1.807) is 7.11 Å². The Morgan fingerprint density at radius 1 is 1.37 bits per heavy atom. The first-order valence-electron chi connectivity index (χ1n) is 6.84. The average Bonchev–Trinajstić information content (AvgIpc) is 2.72. The van der Waals surface area contributed by atoms with Crippen LogP contribution >= 0.6 is 15.9 Å². The minimum atomic E-state index is 0.261. The minimum absolute atomic E-state index is 0.261. The van der Waals surface area contributed by atoms with Gasteiger partial charge in [-0.2, -0.15) is 0 Å². The second-order valence-corrected chi connectivity index (χ2v) is 6.40. The third-order valence-electron chi connectivity index (χ3n) is 4.24. The molecule has 0 amide bonds. The summed E-state index contributed by atoms with van der Waals surface area (Å²) in [4.78, 5) is 2.49. The van der Waals surface area contributed by atoms with Gasteiger partial charge in [-0.1, -0.05) is 29.8 Å². The first kappa shape index (κ1) is 14.8. The highest BCUT2D eigenvalue weighted by molar-refractivity contribution is 9.10. The van der Waals surface area contributed by atoms with Gasteiger partial charge in [0.05, 0.1) is 7.11 Å². The van der Waals surface area contributed by atoms with Crippen molar-refractivity contribution >= 4 is 15.9 Å². The van der Waals surface area contributed by atoms with Crippen LogP contribution in [0.4, 0.5) is 0 Å². The Kier molecular flexibility index (Phi) is 4.87. The minimum Gasteiger partial charge on any atom is -0.497 e. The molecule has 1 aromatic rings. The van der Waals surface area contributed by atoms with Crippen molar-refractivity contribution in [3.8, 4) is 5.75 Å². The number of halogens is 1. The SMILES string of the molecule is COc1ccc(Br)c(C(CN)N2CC(C)C(C)C2)c1. The van der Waals surface area contributed by atoms with Crippen molar-refractivity contribution in [1.82, 2.24) is 4.90 Å². The normalized spacial score (nSPS) is 25.5. The molecule has 19 heavy (non-hydrogen) atoms. The molecule has 0 aromatic heterocycles. The Morgan fingerprint density at radius 3 is 2.53 bits per heavy atom. The zero-order valence-electron chi connectivity index (χ0n) is 11.9. The number of nitrogens with zero attached hydrogens (tertiary/aromatic N) is 1. The van der Waals surface area contributed by atoms with E-state index >= 15 is 0 Å². The fourth-order valence-electron chi connectivity index (χ4n) is 2.81. The molecule has 0 radical (unpaired) electrons. The topological polar surface area (TPSA) is 38.5 Å². The van der Waals surface area contributed by atoms with Crippen LogP contribution in [0.15, 0.2) is 22.7 Å². The van der Waals surface area contributed by atoms with Crippen LogP contribution in [0.1, 0.15) is 25.5 Å². The molecule has 106 valence electrons. The van der Waals surface area contributed by atoms with E-state index in [2.05, 4.69) is 40.7 Å². The largest absolute Gasteiger partial charge is 0.497 e. The summed E-state index contributed by atoms with van der Waals surface area (Å²) in [6, 6.07) is 6.36. The molecule has 0 bridgehead atoms. The number of benzene rings is 1. The van der Waals surface area contributed by atoms with E-state index in [9.17, 15) is 0 Å². The molecule has 1 aliphatic rings. The zero-order valence-corrected chi connectivity index (χ0v) is 13.5. The Labute approximate surface area is 124 Å². The molecule has 0 spiro atoms. The molecule has 2 rings (SSSR count). The Hall–Kier alpha value is -0.580. The van der Waals surface area contributed by atoms with E-state index in [1.165, 1.54) is 5.56 Å². The van der Waals surface area contributed by atoms with Crippen LogP contribution in [0, 0.1) is 11.8 Å². The van der Waals surface area contributed by atoms with Crippen molar-refractivity contribution in [2.24, 2.45) is 17.6 Å². The van der Waals surface area contributed by atoms with Crippen molar-refractivity contribution in [3.05, 3.63) is 28.2 Å². The van der Waals surface area contributed by atoms with Crippen LogP contribution in [-0.2, 0) is 0 Å². The monoisotopic (exact) mass is 326 g/mol. The number of nitrogens with two attached hydrogens (primary N) is 1. The van der Waals surface area contributed by atoms with Gasteiger partial charge in [-0.3, -0.25) is 4.90 Å². The summed E-state index contributed by atoms with van der Waals surface area (Å²) in [6.07, 6.45) is 0. The maximum absolute atomic E-state index is 6.03. The lowest BCUT2D eigenvalue weighted by Crippen LogP contribution is -2.32. The van der Waals surface area contributed by atoms with E-state index in [0.717, 1.165) is 35.1 Å². The van der Waals surface area contributed by atoms with E-state index in [1.807, 2.05) is 12.1 Å². The number of ether oxygens (including phenoxy) is 1. The summed E-state index contributed by atoms with van der Waals surface area (Å²) in [5, 5.41) is 0. The summed E-state index contributed by atoms with van der Waals surface area (Å²) in [5.41, 5.74) is 7.26. The molecule has 1 saturated heterocycles. The predicted molar refractivity (Wildman–Crippen MR) is 82.4 cm³/mol. The van der Waals surface area contributed by atoms with E-state index in [-0.39, 0.29) is 6.04 Å². The molecule has 4 heteroatoms. The molecule has 1 aliphatic heterocycles. The maximum Gasteiger partial charge on any atom is 0.119 e. The van der Waals surface area contributed by atoms with Crippen LogP contribution in [-0.4, -0.2) is 31.6 Å². The van der Waals surface area contributed by atoms with E-state index < -0.39 is 0 Å². The smallest absolute Gasteiger partial charge is 0.119 e. The molecule has 1 heterocycles. The Morgan fingerprint density at radius 2 is 2.00 bits per heavy atom. The second-order valence-electron chi connectivity index (χ2n) is 5.55. The van der Waals surface area contributed by atoms with Crippen molar-refractivity contribution < 1.29 is 4.74 Å². The van der Waals surface area contributed by atoms with Gasteiger partial charge in [0.25, 0.3) is 0 Å². The molecule has 0 saturated carbocycles. The van der Waals surface area contributed by atoms with Crippen molar-refractivity contribution in [1.29, 1.82) is 0 Å². The summed E-state index contributed by atoms with van der Waals surface area (Å²) in [5.74, 6) is 2.36. The summed E-state index contributed by atoms with van der Waals surface area (Å²) >= 11 is 3.64. The Balaban J connectivity index is 2.27. The van der Waals surface area contributed by atoms with Crippen LogP contribution in [0.2, 0.25) is 0 Å². The van der Waals surface area contributed by atoms with Gasteiger partial charge in [0.1, 0.15) is 5.75 Å². The van der Waals surface area contributed by atoms with Crippen molar-refractivity contribution in [2.45, 2.75) is 19.9 Å². The Bertz CT molecular complexity index is 428.